The summed E-state index contributed by atoms with van der Waals surface area (Å²) in [6, 6.07) is 7.40. The first-order chi connectivity index (χ1) is 10.6. The van der Waals surface area contributed by atoms with Crippen molar-refractivity contribution in [2.75, 3.05) is 25.0 Å². The molecule has 1 aromatic carbocycles. The molecule has 2 rings (SSSR count). The Morgan fingerprint density at radius 1 is 1.27 bits per heavy atom. The highest BCUT2D eigenvalue weighted by atomic mass is 16.5. The first kappa shape index (κ1) is 16.5. The summed E-state index contributed by atoms with van der Waals surface area (Å²) in [5.41, 5.74) is 1.74. The Labute approximate surface area is 130 Å². The molecule has 22 heavy (non-hydrogen) atoms. The highest BCUT2D eigenvalue weighted by molar-refractivity contribution is 5.88. The van der Waals surface area contributed by atoms with E-state index >= 15 is 0 Å². The molecule has 0 aromatic heterocycles. The third kappa shape index (κ3) is 5.83. The van der Waals surface area contributed by atoms with E-state index in [1.807, 2.05) is 24.3 Å². The molecule has 120 valence electrons. The maximum Gasteiger partial charge on any atom is 0.234 e. The van der Waals surface area contributed by atoms with Crippen LogP contribution in [0.4, 0.5) is 5.69 Å². The molecule has 0 unspecified atom stereocenters. The van der Waals surface area contributed by atoms with Crippen molar-refractivity contribution in [2.45, 2.75) is 32.4 Å². The Hall–Kier alpha value is -1.92. The minimum atomic E-state index is -0.0987. The van der Waals surface area contributed by atoms with Crippen molar-refractivity contribution in [2.24, 2.45) is 0 Å². The monoisotopic (exact) mass is 305 g/mol. The van der Waals surface area contributed by atoms with Gasteiger partial charge in [0.25, 0.3) is 0 Å². The Kier molecular flexibility index (Phi) is 6.36. The molecule has 0 aliphatic carbocycles. The molecular weight excluding hydrogens is 282 g/mol. The fourth-order valence-electron chi connectivity index (χ4n) is 2.32. The first-order valence-electron chi connectivity index (χ1n) is 7.59. The summed E-state index contributed by atoms with van der Waals surface area (Å²) >= 11 is 0. The van der Waals surface area contributed by atoms with Gasteiger partial charge in [-0.3, -0.25) is 9.59 Å². The highest BCUT2D eigenvalue weighted by Gasteiger charge is 2.14. The average Bonchev–Trinajstić information content (AvgIpc) is 2.99. The van der Waals surface area contributed by atoms with E-state index in [1.54, 1.807) is 0 Å². The van der Waals surface area contributed by atoms with E-state index in [1.165, 1.54) is 6.92 Å². The highest BCUT2D eigenvalue weighted by Crippen LogP contribution is 2.10. The van der Waals surface area contributed by atoms with Crippen LogP contribution in [0.3, 0.4) is 0 Å². The molecule has 0 radical (unpaired) electrons. The lowest BCUT2D eigenvalue weighted by Crippen LogP contribution is -2.36. The number of hydrogen-bond donors (Lipinski definition) is 3. The predicted molar refractivity (Wildman–Crippen MR) is 84.4 cm³/mol. The second-order valence-electron chi connectivity index (χ2n) is 5.42. The summed E-state index contributed by atoms with van der Waals surface area (Å²) in [6.07, 6.45) is 2.41. The number of carbonyl (C=O) groups excluding carboxylic acids is 2. The molecule has 2 amide bonds. The molecular formula is C16H23N3O3. The zero-order valence-electron chi connectivity index (χ0n) is 12.9. The third-order valence-electron chi connectivity index (χ3n) is 3.45. The van der Waals surface area contributed by atoms with Crippen molar-refractivity contribution in [3.63, 3.8) is 0 Å². The van der Waals surface area contributed by atoms with Gasteiger partial charge in [-0.25, -0.2) is 0 Å². The lowest BCUT2D eigenvalue weighted by Gasteiger charge is -2.11. The molecule has 6 nitrogen and oxygen atoms in total. The summed E-state index contributed by atoms with van der Waals surface area (Å²) in [7, 11) is 0. The summed E-state index contributed by atoms with van der Waals surface area (Å²) in [5, 5.41) is 8.67. The van der Waals surface area contributed by atoms with Crippen molar-refractivity contribution in [1.29, 1.82) is 0 Å². The van der Waals surface area contributed by atoms with Crippen LogP contribution < -0.4 is 16.0 Å². The van der Waals surface area contributed by atoms with Crippen LogP contribution in [0.15, 0.2) is 24.3 Å². The molecule has 1 aliphatic rings. The van der Waals surface area contributed by atoms with Gasteiger partial charge in [0.2, 0.25) is 11.8 Å². The lowest BCUT2D eigenvalue weighted by molar-refractivity contribution is -0.120. The van der Waals surface area contributed by atoms with Crippen LogP contribution >= 0.6 is 0 Å². The number of nitrogens with one attached hydrogen (secondary N) is 3. The summed E-state index contributed by atoms with van der Waals surface area (Å²) in [5.74, 6) is -0.137. The smallest absolute Gasteiger partial charge is 0.234 e. The van der Waals surface area contributed by atoms with Gasteiger partial charge < -0.3 is 20.7 Å². The van der Waals surface area contributed by atoms with Crippen LogP contribution in [-0.4, -0.2) is 37.6 Å². The van der Waals surface area contributed by atoms with Gasteiger partial charge in [-0.15, -0.1) is 0 Å². The van der Waals surface area contributed by atoms with Crippen LogP contribution in [0.1, 0.15) is 25.3 Å². The normalized spacial score (nSPS) is 17.2. The largest absolute Gasteiger partial charge is 0.377 e. The Balaban J connectivity index is 1.63. The molecule has 1 heterocycles. The maximum absolute atomic E-state index is 11.7. The molecule has 1 aromatic rings. The number of anilines is 1. The van der Waals surface area contributed by atoms with Gasteiger partial charge in [0.15, 0.2) is 0 Å². The zero-order valence-corrected chi connectivity index (χ0v) is 12.9. The van der Waals surface area contributed by atoms with Gasteiger partial charge in [-0.05, 0) is 30.5 Å². The lowest BCUT2D eigenvalue weighted by atomic mass is 10.2. The fourth-order valence-corrected chi connectivity index (χ4v) is 2.32. The van der Waals surface area contributed by atoms with Crippen LogP contribution in [0.2, 0.25) is 0 Å². The van der Waals surface area contributed by atoms with E-state index in [0.717, 1.165) is 37.2 Å². The van der Waals surface area contributed by atoms with Gasteiger partial charge in [-0.2, -0.15) is 0 Å². The number of ether oxygens (including phenoxy) is 1. The van der Waals surface area contributed by atoms with Gasteiger partial charge in [-0.1, -0.05) is 12.1 Å². The van der Waals surface area contributed by atoms with E-state index < -0.39 is 0 Å². The summed E-state index contributed by atoms with van der Waals surface area (Å²) in [6.45, 7) is 3.79. The van der Waals surface area contributed by atoms with Crippen LogP contribution in [0, 0.1) is 0 Å². The summed E-state index contributed by atoms with van der Waals surface area (Å²) in [4.78, 5) is 22.7. The van der Waals surface area contributed by atoms with E-state index in [4.69, 9.17) is 4.74 Å². The zero-order chi connectivity index (χ0) is 15.8. The number of hydrogen-bond acceptors (Lipinski definition) is 4. The molecule has 3 N–H and O–H groups in total. The third-order valence-corrected chi connectivity index (χ3v) is 3.45. The van der Waals surface area contributed by atoms with E-state index in [9.17, 15) is 9.59 Å². The van der Waals surface area contributed by atoms with Crippen molar-refractivity contribution in [3.8, 4) is 0 Å². The van der Waals surface area contributed by atoms with Crippen molar-refractivity contribution in [3.05, 3.63) is 29.8 Å². The molecule has 0 spiro atoms. The Morgan fingerprint density at radius 3 is 2.68 bits per heavy atom. The van der Waals surface area contributed by atoms with Crippen LogP contribution in [-0.2, 0) is 20.9 Å². The Bertz CT molecular complexity index is 496. The average molecular weight is 305 g/mol. The van der Waals surface area contributed by atoms with Crippen molar-refractivity contribution < 1.29 is 14.3 Å². The first-order valence-corrected chi connectivity index (χ1v) is 7.59. The van der Waals surface area contributed by atoms with Gasteiger partial charge >= 0.3 is 0 Å². The summed E-state index contributed by atoms with van der Waals surface area (Å²) < 4.78 is 5.48. The fraction of sp³-hybridized carbons (Fsp3) is 0.500. The topological polar surface area (TPSA) is 79.5 Å². The SMILES string of the molecule is CC(=O)Nc1ccc(CNC(=O)CNC[C@H]2CCCO2)cc1. The molecule has 1 saturated heterocycles. The van der Waals surface area contributed by atoms with Crippen molar-refractivity contribution >= 4 is 17.5 Å². The quantitative estimate of drug-likeness (QED) is 0.703. The van der Waals surface area contributed by atoms with E-state index in [2.05, 4.69) is 16.0 Å². The van der Waals surface area contributed by atoms with Gasteiger partial charge in [0.05, 0.1) is 12.6 Å². The maximum atomic E-state index is 11.7. The standard InChI is InChI=1S/C16H23N3O3/c1-12(20)19-14-6-4-13(5-7-14)9-18-16(21)11-17-10-15-3-2-8-22-15/h4-7,15,17H,2-3,8-11H2,1H3,(H,18,21)(H,19,20)/t15-/m1/s1. The van der Waals surface area contributed by atoms with Gasteiger partial charge in [0.1, 0.15) is 0 Å². The molecule has 1 aliphatic heterocycles. The molecule has 6 heteroatoms. The predicted octanol–water partition coefficient (Wildman–Crippen LogP) is 1.03. The second-order valence-corrected chi connectivity index (χ2v) is 5.42. The van der Waals surface area contributed by atoms with E-state index in [0.29, 0.717) is 13.1 Å². The number of rotatable bonds is 7. The Morgan fingerprint density at radius 2 is 2.05 bits per heavy atom. The second kappa shape index (κ2) is 8.51. The number of amides is 2. The molecule has 1 atom stereocenters. The van der Waals surface area contributed by atoms with Crippen molar-refractivity contribution in [1.82, 2.24) is 10.6 Å². The number of benzene rings is 1. The van der Waals surface area contributed by atoms with E-state index in [-0.39, 0.29) is 17.9 Å². The minimum absolute atomic E-state index is 0.0380. The van der Waals surface area contributed by atoms with Crippen LogP contribution in [0.5, 0.6) is 0 Å². The molecule has 1 fully saturated rings. The molecule has 0 bridgehead atoms. The molecule has 0 saturated carbocycles. The minimum Gasteiger partial charge on any atom is -0.377 e. The van der Waals surface area contributed by atoms with Gasteiger partial charge in [0, 0.05) is 32.3 Å². The van der Waals surface area contributed by atoms with Crippen LogP contribution in [0.25, 0.3) is 0 Å². The number of carbonyl (C=O) groups is 2.